The number of carbonyl (C=O) groups excluding carboxylic acids is 1. The molecule has 0 saturated carbocycles. The Kier molecular flexibility index (Phi) is 5.89. The molecule has 1 heterocycles. The lowest BCUT2D eigenvalue weighted by atomic mass is 10.2. The Labute approximate surface area is 177 Å². The zero-order chi connectivity index (χ0) is 21.6. The van der Waals surface area contributed by atoms with Gasteiger partial charge in [0.1, 0.15) is 17.3 Å². The number of nitrogens with one attached hydrogen (secondary N) is 1. The highest BCUT2D eigenvalue weighted by atomic mass is 19.1. The van der Waals surface area contributed by atoms with Crippen molar-refractivity contribution in [2.24, 2.45) is 0 Å². The van der Waals surface area contributed by atoms with Crippen LogP contribution in [0.15, 0.2) is 77.3 Å². The normalized spacial score (nSPS) is 10.5. The summed E-state index contributed by atoms with van der Waals surface area (Å²) in [5.41, 5.74) is 1.64. The summed E-state index contributed by atoms with van der Waals surface area (Å²) >= 11 is 0. The van der Waals surface area contributed by atoms with E-state index >= 15 is 0 Å². The third-order valence-electron chi connectivity index (χ3n) is 4.36. The molecular formula is C23H18FN3O4. The third-order valence-corrected chi connectivity index (χ3v) is 4.36. The second-order valence-electron chi connectivity index (χ2n) is 6.49. The van der Waals surface area contributed by atoms with Gasteiger partial charge in [-0.05, 0) is 54.6 Å². The predicted molar refractivity (Wildman–Crippen MR) is 112 cm³/mol. The summed E-state index contributed by atoms with van der Waals surface area (Å²) in [5, 5.41) is 6.71. The molecule has 4 aromatic rings. The van der Waals surface area contributed by atoms with Crippen LogP contribution < -0.4 is 14.8 Å². The highest BCUT2D eigenvalue weighted by molar-refractivity contribution is 5.92. The molecule has 1 amide bonds. The molecule has 7 nitrogen and oxygen atoms in total. The fraction of sp³-hybridized carbons (Fsp3) is 0.0870. The minimum absolute atomic E-state index is 0.182. The number of hydrogen-bond donors (Lipinski definition) is 1. The van der Waals surface area contributed by atoms with Crippen LogP contribution >= 0.6 is 0 Å². The van der Waals surface area contributed by atoms with Crippen molar-refractivity contribution >= 4 is 11.6 Å². The second-order valence-corrected chi connectivity index (χ2v) is 6.49. The first-order valence-corrected chi connectivity index (χ1v) is 9.38. The van der Waals surface area contributed by atoms with Gasteiger partial charge in [-0.25, -0.2) is 4.39 Å². The molecule has 0 unspecified atom stereocenters. The molecule has 3 aromatic carbocycles. The molecular weight excluding hydrogens is 401 g/mol. The molecule has 0 spiro atoms. The second kappa shape index (κ2) is 9.08. The number of methoxy groups -OCH3 is 1. The van der Waals surface area contributed by atoms with Crippen LogP contribution in [-0.2, 0) is 4.79 Å². The number of rotatable bonds is 7. The van der Waals surface area contributed by atoms with Gasteiger partial charge in [0.2, 0.25) is 5.82 Å². The number of para-hydroxylation sites is 1. The summed E-state index contributed by atoms with van der Waals surface area (Å²) in [6, 6.07) is 19.9. The molecule has 0 radical (unpaired) electrons. The van der Waals surface area contributed by atoms with E-state index in [1.54, 1.807) is 67.8 Å². The molecule has 31 heavy (non-hydrogen) atoms. The van der Waals surface area contributed by atoms with E-state index in [2.05, 4.69) is 15.5 Å². The van der Waals surface area contributed by atoms with E-state index in [0.29, 0.717) is 28.3 Å². The van der Waals surface area contributed by atoms with E-state index in [9.17, 15) is 9.18 Å². The van der Waals surface area contributed by atoms with Crippen molar-refractivity contribution in [2.75, 3.05) is 19.0 Å². The van der Waals surface area contributed by atoms with Crippen LogP contribution in [0.25, 0.3) is 22.8 Å². The quantitative estimate of drug-likeness (QED) is 0.472. The smallest absolute Gasteiger partial charge is 0.262 e. The van der Waals surface area contributed by atoms with Crippen molar-refractivity contribution in [2.45, 2.75) is 0 Å². The molecule has 1 aromatic heterocycles. The topological polar surface area (TPSA) is 86.5 Å². The Morgan fingerprint density at radius 1 is 1.06 bits per heavy atom. The highest BCUT2D eigenvalue weighted by Gasteiger charge is 2.16. The molecule has 0 aliphatic heterocycles. The van der Waals surface area contributed by atoms with Crippen molar-refractivity contribution in [3.63, 3.8) is 0 Å². The van der Waals surface area contributed by atoms with Gasteiger partial charge in [0, 0.05) is 11.3 Å². The summed E-state index contributed by atoms with van der Waals surface area (Å²) in [6.45, 7) is -0.211. The van der Waals surface area contributed by atoms with Gasteiger partial charge in [-0.2, -0.15) is 4.98 Å². The van der Waals surface area contributed by atoms with Gasteiger partial charge in [0.25, 0.3) is 11.8 Å². The molecule has 0 atom stereocenters. The first kappa shape index (κ1) is 20.1. The zero-order valence-electron chi connectivity index (χ0n) is 16.5. The van der Waals surface area contributed by atoms with Gasteiger partial charge >= 0.3 is 0 Å². The van der Waals surface area contributed by atoms with Gasteiger partial charge in [-0.15, -0.1) is 0 Å². The largest absolute Gasteiger partial charge is 0.497 e. The van der Waals surface area contributed by atoms with Crippen LogP contribution in [0.2, 0.25) is 0 Å². The SMILES string of the molecule is COc1ccc(NC(=O)COc2ccccc2-c2noc(-c3cccc(F)c3)n2)cc1. The lowest BCUT2D eigenvalue weighted by Crippen LogP contribution is -2.20. The Morgan fingerprint density at radius 2 is 1.87 bits per heavy atom. The van der Waals surface area contributed by atoms with Gasteiger partial charge in [-0.1, -0.05) is 23.4 Å². The first-order valence-electron chi connectivity index (χ1n) is 9.38. The number of carbonyl (C=O) groups is 1. The van der Waals surface area contributed by atoms with E-state index in [1.165, 1.54) is 12.1 Å². The fourth-order valence-corrected chi connectivity index (χ4v) is 2.86. The zero-order valence-corrected chi connectivity index (χ0v) is 16.5. The van der Waals surface area contributed by atoms with E-state index < -0.39 is 5.82 Å². The average Bonchev–Trinajstić information content (AvgIpc) is 3.29. The molecule has 4 rings (SSSR count). The number of halogens is 1. The van der Waals surface area contributed by atoms with Crippen LogP contribution in [0.3, 0.4) is 0 Å². The highest BCUT2D eigenvalue weighted by Crippen LogP contribution is 2.29. The number of hydrogen-bond acceptors (Lipinski definition) is 6. The number of nitrogens with zero attached hydrogens (tertiary/aromatic N) is 2. The molecule has 1 N–H and O–H groups in total. The number of ether oxygens (including phenoxy) is 2. The Morgan fingerprint density at radius 3 is 2.65 bits per heavy atom. The third kappa shape index (κ3) is 4.87. The van der Waals surface area contributed by atoms with Crippen LogP contribution in [0, 0.1) is 5.82 Å². The Balaban J connectivity index is 1.45. The molecule has 156 valence electrons. The van der Waals surface area contributed by atoms with E-state index in [1.807, 2.05) is 0 Å². The summed E-state index contributed by atoms with van der Waals surface area (Å²) < 4.78 is 29.5. The molecule has 0 saturated heterocycles. The van der Waals surface area contributed by atoms with E-state index in [-0.39, 0.29) is 24.2 Å². The maximum atomic E-state index is 13.5. The molecule has 8 heteroatoms. The lowest BCUT2D eigenvalue weighted by Gasteiger charge is -2.10. The summed E-state index contributed by atoms with van der Waals surface area (Å²) in [5.74, 6) is 0.837. The Bertz CT molecular complexity index is 1190. The van der Waals surface area contributed by atoms with Crippen molar-refractivity contribution in [3.05, 3.63) is 78.6 Å². The maximum absolute atomic E-state index is 13.5. The maximum Gasteiger partial charge on any atom is 0.262 e. The number of benzene rings is 3. The summed E-state index contributed by atoms with van der Waals surface area (Å²) in [4.78, 5) is 16.6. The van der Waals surface area contributed by atoms with Crippen LogP contribution in [0.5, 0.6) is 11.5 Å². The summed E-state index contributed by atoms with van der Waals surface area (Å²) in [6.07, 6.45) is 0. The van der Waals surface area contributed by atoms with Gasteiger partial charge in [-0.3, -0.25) is 4.79 Å². The minimum Gasteiger partial charge on any atom is -0.497 e. The van der Waals surface area contributed by atoms with Crippen molar-refractivity contribution in [3.8, 4) is 34.3 Å². The fourth-order valence-electron chi connectivity index (χ4n) is 2.86. The number of aromatic nitrogens is 2. The van der Waals surface area contributed by atoms with Crippen LogP contribution in [-0.4, -0.2) is 29.8 Å². The Hall–Kier alpha value is -4.20. The van der Waals surface area contributed by atoms with Crippen molar-refractivity contribution in [1.29, 1.82) is 0 Å². The molecule has 0 aliphatic carbocycles. The minimum atomic E-state index is -0.399. The molecule has 0 aliphatic rings. The molecule has 0 bridgehead atoms. The van der Waals surface area contributed by atoms with Crippen LogP contribution in [0.1, 0.15) is 0 Å². The van der Waals surface area contributed by atoms with Crippen molar-refractivity contribution < 1.29 is 23.2 Å². The van der Waals surface area contributed by atoms with Gasteiger partial charge in [0.15, 0.2) is 6.61 Å². The number of anilines is 1. The molecule has 0 fully saturated rings. The standard InChI is InChI=1S/C23H18FN3O4/c1-29-18-11-9-17(10-12-18)25-21(28)14-30-20-8-3-2-7-19(20)22-26-23(31-27-22)15-5-4-6-16(24)13-15/h2-13H,14H2,1H3,(H,25,28). The first-order chi connectivity index (χ1) is 15.1. The lowest BCUT2D eigenvalue weighted by molar-refractivity contribution is -0.118. The van der Waals surface area contributed by atoms with Crippen LogP contribution in [0.4, 0.5) is 10.1 Å². The van der Waals surface area contributed by atoms with E-state index in [0.717, 1.165) is 0 Å². The average molecular weight is 419 g/mol. The van der Waals surface area contributed by atoms with Gasteiger partial charge < -0.3 is 19.3 Å². The van der Waals surface area contributed by atoms with Crippen molar-refractivity contribution in [1.82, 2.24) is 10.1 Å². The van der Waals surface area contributed by atoms with Gasteiger partial charge in [0.05, 0.1) is 12.7 Å². The number of amides is 1. The summed E-state index contributed by atoms with van der Waals surface area (Å²) in [7, 11) is 1.57. The monoisotopic (exact) mass is 419 g/mol. The predicted octanol–water partition coefficient (Wildman–Crippen LogP) is 4.57. The van der Waals surface area contributed by atoms with E-state index in [4.69, 9.17) is 14.0 Å².